The Kier molecular flexibility index (Phi) is 3.56. The monoisotopic (exact) mass is 227 g/mol. The van der Waals surface area contributed by atoms with Crippen molar-refractivity contribution in [3.05, 3.63) is 11.1 Å². The van der Waals surface area contributed by atoms with E-state index in [1.807, 2.05) is 0 Å². The van der Waals surface area contributed by atoms with Crippen LogP contribution in [0.1, 0.15) is 12.1 Å². The summed E-state index contributed by atoms with van der Waals surface area (Å²) in [5.41, 5.74) is 6.99. The first-order valence-electron chi connectivity index (χ1n) is 5.23. The van der Waals surface area contributed by atoms with E-state index >= 15 is 0 Å². The predicted molar refractivity (Wildman–Crippen MR) is 62.5 cm³/mol. The second-order valence-electron chi connectivity index (χ2n) is 3.86. The van der Waals surface area contributed by atoms with Crippen molar-refractivity contribution in [3.8, 4) is 0 Å². The van der Waals surface area contributed by atoms with E-state index in [1.165, 1.54) is 0 Å². The molecule has 0 spiro atoms. The minimum Gasteiger partial charge on any atom is -0.384 e. The van der Waals surface area contributed by atoms with Crippen molar-refractivity contribution in [2.24, 2.45) is 5.73 Å². The Morgan fingerprint density at radius 2 is 2.60 bits per heavy atom. The molecule has 5 heteroatoms. The minimum absolute atomic E-state index is 0.316. The second kappa shape index (κ2) is 4.92. The van der Waals surface area contributed by atoms with Gasteiger partial charge < -0.3 is 15.4 Å². The van der Waals surface area contributed by atoms with E-state index in [9.17, 15) is 0 Å². The van der Waals surface area contributed by atoms with Gasteiger partial charge in [-0.15, -0.1) is 11.3 Å². The fraction of sp³-hybridized carbons (Fsp3) is 0.700. The van der Waals surface area contributed by atoms with Gasteiger partial charge in [-0.05, 0) is 6.42 Å². The second-order valence-corrected chi connectivity index (χ2v) is 4.70. The van der Waals surface area contributed by atoms with Crippen LogP contribution >= 0.6 is 11.3 Å². The van der Waals surface area contributed by atoms with Gasteiger partial charge in [-0.1, -0.05) is 0 Å². The number of thiazole rings is 1. The number of nitrogens with two attached hydrogens (primary N) is 1. The van der Waals surface area contributed by atoms with Gasteiger partial charge in [0.25, 0.3) is 0 Å². The van der Waals surface area contributed by atoms with Crippen LogP contribution in [0.15, 0.2) is 5.38 Å². The van der Waals surface area contributed by atoms with Crippen molar-refractivity contribution >= 4 is 16.5 Å². The summed E-state index contributed by atoms with van der Waals surface area (Å²) in [5, 5.41) is 3.21. The van der Waals surface area contributed by atoms with Crippen molar-refractivity contribution in [2.75, 3.05) is 31.7 Å². The Hall–Kier alpha value is -0.650. The molecule has 1 aromatic rings. The first-order valence-corrected chi connectivity index (χ1v) is 6.11. The molecule has 0 radical (unpaired) electrons. The first kappa shape index (κ1) is 10.9. The molecule has 1 aliphatic heterocycles. The van der Waals surface area contributed by atoms with Crippen molar-refractivity contribution in [1.82, 2.24) is 4.98 Å². The normalized spacial score (nSPS) is 21.2. The lowest BCUT2D eigenvalue weighted by molar-refractivity contribution is 0.201. The summed E-state index contributed by atoms with van der Waals surface area (Å²) in [5.74, 6) is 0. The quantitative estimate of drug-likeness (QED) is 0.829. The molecule has 1 fully saturated rings. The third-order valence-corrected chi connectivity index (χ3v) is 3.55. The zero-order chi connectivity index (χ0) is 10.7. The Bertz CT molecular complexity index is 315. The van der Waals surface area contributed by atoms with Gasteiger partial charge in [0.05, 0.1) is 12.3 Å². The third kappa shape index (κ3) is 2.68. The summed E-state index contributed by atoms with van der Waals surface area (Å²) >= 11 is 1.70. The summed E-state index contributed by atoms with van der Waals surface area (Å²) in [6, 6.07) is 0.316. The van der Waals surface area contributed by atoms with E-state index in [1.54, 1.807) is 18.4 Å². The van der Waals surface area contributed by atoms with Gasteiger partial charge in [0, 0.05) is 38.0 Å². The van der Waals surface area contributed by atoms with E-state index in [2.05, 4.69) is 15.3 Å². The molecule has 2 rings (SSSR count). The van der Waals surface area contributed by atoms with Crippen molar-refractivity contribution in [2.45, 2.75) is 18.9 Å². The average Bonchev–Trinajstić information content (AvgIpc) is 2.83. The highest BCUT2D eigenvalue weighted by Gasteiger charge is 2.21. The highest BCUT2D eigenvalue weighted by atomic mass is 32.1. The van der Waals surface area contributed by atoms with Crippen LogP contribution in [-0.2, 0) is 11.2 Å². The molecule has 1 aliphatic rings. The van der Waals surface area contributed by atoms with Crippen LogP contribution in [-0.4, -0.2) is 37.8 Å². The Morgan fingerprint density at radius 1 is 1.73 bits per heavy atom. The number of anilines is 1. The molecule has 1 saturated heterocycles. The lowest BCUT2D eigenvalue weighted by Crippen LogP contribution is -2.26. The smallest absolute Gasteiger partial charge is 0.185 e. The van der Waals surface area contributed by atoms with Crippen LogP contribution in [0.3, 0.4) is 0 Å². The third-order valence-electron chi connectivity index (χ3n) is 2.60. The molecular weight excluding hydrogens is 210 g/mol. The van der Waals surface area contributed by atoms with Gasteiger partial charge in [-0.2, -0.15) is 0 Å². The molecule has 4 nitrogen and oxygen atoms in total. The lowest BCUT2D eigenvalue weighted by Gasteiger charge is -2.13. The topological polar surface area (TPSA) is 51.4 Å². The number of rotatable bonds is 4. The number of ether oxygens (including phenoxy) is 1. The lowest BCUT2D eigenvalue weighted by atomic mass is 10.3. The molecule has 1 aromatic heterocycles. The fourth-order valence-corrected chi connectivity index (χ4v) is 2.62. The Balaban J connectivity index is 1.94. The summed E-state index contributed by atoms with van der Waals surface area (Å²) < 4.78 is 5.03. The fourth-order valence-electron chi connectivity index (χ4n) is 1.72. The SMILES string of the molecule is COCCc1csc(N2CCC(N)C2)n1. The molecule has 84 valence electrons. The number of methoxy groups -OCH3 is 1. The highest BCUT2D eigenvalue weighted by molar-refractivity contribution is 7.13. The highest BCUT2D eigenvalue weighted by Crippen LogP contribution is 2.24. The summed E-state index contributed by atoms with van der Waals surface area (Å²) in [6.07, 6.45) is 1.97. The molecule has 0 bridgehead atoms. The maximum absolute atomic E-state index is 5.86. The number of aromatic nitrogens is 1. The molecule has 2 N–H and O–H groups in total. The molecular formula is C10H17N3OS. The van der Waals surface area contributed by atoms with E-state index in [0.29, 0.717) is 6.04 Å². The molecule has 0 aromatic carbocycles. The van der Waals surface area contributed by atoms with Gasteiger partial charge in [0.15, 0.2) is 5.13 Å². The number of nitrogens with zero attached hydrogens (tertiary/aromatic N) is 2. The van der Waals surface area contributed by atoms with Crippen LogP contribution in [0, 0.1) is 0 Å². The molecule has 15 heavy (non-hydrogen) atoms. The van der Waals surface area contributed by atoms with Crippen LogP contribution in [0.25, 0.3) is 0 Å². The summed E-state index contributed by atoms with van der Waals surface area (Å²) in [6.45, 7) is 2.72. The van der Waals surface area contributed by atoms with Crippen molar-refractivity contribution in [3.63, 3.8) is 0 Å². The maximum atomic E-state index is 5.86. The van der Waals surface area contributed by atoms with Gasteiger partial charge in [-0.3, -0.25) is 0 Å². The van der Waals surface area contributed by atoms with E-state index in [4.69, 9.17) is 10.5 Å². The molecule has 0 amide bonds. The van der Waals surface area contributed by atoms with Crippen LogP contribution in [0.4, 0.5) is 5.13 Å². The zero-order valence-electron chi connectivity index (χ0n) is 8.98. The molecule has 1 unspecified atom stereocenters. The van der Waals surface area contributed by atoms with Crippen molar-refractivity contribution < 1.29 is 4.74 Å². The number of hydrogen-bond acceptors (Lipinski definition) is 5. The first-order chi connectivity index (χ1) is 7.29. The van der Waals surface area contributed by atoms with E-state index in [-0.39, 0.29) is 0 Å². The van der Waals surface area contributed by atoms with Gasteiger partial charge in [0.1, 0.15) is 0 Å². The summed E-state index contributed by atoms with van der Waals surface area (Å²) in [4.78, 5) is 6.84. The largest absolute Gasteiger partial charge is 0.384 e. The van der Waals surface area contributed by atoms with Gasteiger partial charge in [-0.25, -0.2) is 4.98 Å². The molecule has 0 saturated carbocycles. The van der Waals surface area contributed by atoms with Crippen LogP contribution in [0.5, 0.6) is 0 Å². The number of hydrogen-bond donors (Lipinski definition) is 1. The maximum Gasteiger partial charge on any atom is 0.185 e. The minimum atomic E-state index is 0.316. The zero-order valence-corrected chi connectivity index (χ0v) is 9.80. The van der Waals surface area contributed by atoms with Crippen LogP contribution in [0.2, 0.25) is 0 Å². The Labute approximate surface area is 94.1 Å². The van der Waals surface area contributed by atoms with Crippen LogP contribution < -0.4 is 10.6 Å². The van der Waals surface area contributed by atoms with Gasteiger partial charge >= 0.3 is 0 Å². The Morgan fingerprint density at radius 3 is 3.27 bits per heavy atom. The van der Waals surface area contributed by atoms with Gasteiger partial charge in [0.2, 0.25) is 0 Å². The average molecular weight is 227 g/mol. The standard InChI is InChI=1S/C10H17N3OS/c1-14-5-3-9-7-15-10(12-9)13-4-2-8(11)6-13/h7-8H,2-6,11H2,1H3. The summed E-state index contributed by atoms with van der Waals surface area (Å²) in [7, 11) is 1.72. The molecule has 2 heterocycles. The predicted octanol–water partition coefficient (Wildman–Crippen LogP) is 0.869. The molecule has 1 atom stereocenters. The molecule has 0 aliphatic carbocycles. The van der Waals surface area contributed by atoms with Crippen molar-refractivity contribution in [1.29, 1.82) is 0 Å². The van der Waals surface area contributed by atoms with E-state index in [0.717, 1.165) is 43.4 Å². The van der Waals surface area contributed by atoms with E-state index < -0.39 is 0 Å².